The van der Waals surface area contributed by atoms with E-state index in [9.17, 15) is 4.79 Å². The standard InChI is InChI=1S/C39H47O6P/c1-24(2)32-22-26(5)28(7)34(36(32)41-38(40)42-39(9,10)11)35-29(8)27(6)23-33(25(3)4)37(35)45-46(43-30-18-14-12-15-19-30)44-31-20-16-13-17-21-31/h12-25H,1-11H3. The first-order valence-electron chi connectivity index (χ1n) is 15.8. The number of carbonyl (C=O) groups excluding carboxylic acids is 1. The Morgan fingerprint density at radius 2 is 1.04 bits per heavy atom. The average molecular weight is 643 g/mol. The van der Waals surface area contributed by atoms with Gasteiger partial charge in [0.05, 0.1) is 0 Å². The fourth-order valence-electron chi connectivity index (χ4n) is 5.13. The Morgan fingerprint density at radius 3 is 1.46 bits per heavy atom. The number of ether oxygens (including phenoxy) is 2. The van der Waals surface area contributed by atoms with Crippen LogP contribution in [0.25, 0.3) is 11.1 Å². The van der Waals surface area contributed by atoms with Crippen LogP contribution in [0, 0.1) is 27.7 Å². The molecule has 0 unspecified atom stereocenters. The maximum atomic E-state index is 13.3. The van der Waals surface area contributed by atoms with Crippen molar-refractivity contribution in [1.29, 1.82) is 0 Å². The first kappa shape index (κ1) is 34.8. The molecule has 0 aliphatic carbocycles. The smallest absolute Gasteiger partial charge is 0.428 e. The van der Waals surface area contributed by atoms with Crippen LogP contribution in [-0.4, -0.2) is 11.8 Å². The summed E-state index contributed by atoms with van der Waals surface area (Å²) < 4.78 is 31.5. The second-order valence-corrected chi connectivity index (χ2v) is 14.2. The van der Waals surface area contributed by atoms with Crippen molar-refractivity contribution in [2.75, 3.05) is 0 Å². The molecule has 0 aliphatic rings. The Hall–Kier alpha value is -4.02. The highest BCUT2D eigenvalue weighted by Gasteiger charge is 2.32. The molecule has 244 valence electrons. The summed E-state index contributed by atoms with van der Waals surface area (Å²) in [6, 6.07) is 23.3. The Kier molecular flexibility index (Phi) is 11.1. The van der Waals surface area contributed by atoms with E-state index < -0.39 is 20.4 Å². The van der Waals surface area contributed by atoms with E-state index in [0.29, 0.717) is 23.0 Å². The van der Waals surface area contributed by atoms with Crippen molar-refractivity contribution in [3.8, 4) is 34.1 Å². The number of hydrogen-bond donors (Lipinski definition) is 0. The van der Waals surface area contributed by atoms with Gasteiger partial charge in [-0.3, -0.25) is 0 Å². The lowest BCUT2D eigenvalue weighted by Crippen LogP contribution is -2.26. The van der Waals surface area contributed by atoms with Gasteiger partial charge in [0.2, 0.25) is 0 Å². The average Bonchev–Trinajstić information content (AvgIpc) is 2.97. The molecule has 0 saturated carbocycles. The van der Waals surface area contributed by atoms with Gasteiger partial charge in [0.25, 0.3) is 0 Å². The monoisotopic (exact) mass is 642 g/mol. The van der Waals surface area contributed by atoms with Crippen LogP contribution in [0.4, 0.5) is 4.79 Å². The van der Waals surface area contributed by atoms with Crippen LogP contribution in [0.5, 0.6) is 23.0 Å². The molecule has 0 aliphatic heterocycles. The van der Waals surface area contributed by atoms with Gasteiger partial charge >= 0.3 is 14.8 Å². The first-order chi connectivity index (χ1) is 21.7. The molecule has 46 heavy (non-hydrogen) atoms. The topological polar surface area (TPSA) is 63.2 Å². The molecule has 0 atom stereocenters. The van der Waals surface area contributed by atoms with Crippen LogP contribution >= 0.6 is 8.60 Å². The van der Waals surface area contributed by atoms with Crippen molar-refractivity contribution in [2.24, 2.45) is 0 Å². The molecule has 0 heterocycles. The molecule has 0 fully saturated rings. The summed E-state index contributed by atoms with van der Waals surface area (Å²) in [5.74, 6) is 2.52. The van der Waals surface area contributed by atoms with Crippen molar-refractivity contribution >= 4 is 14.8 Å². The van der Waals surface area contributed by atoms with Crippen molar-refractivity contribution in [3.05, 3.63) is 106 Å². The predicted molar refractivity (Wildman–Crippen MR) is 188 cm³/mol. The van der Waals surface area contributed by atoms with E-state index in [-0.39, 0.29) is 11.8 Å². The lowest BCUT2D eigenvalue weighted by atomic mass is 9.84. The van der Waals surface area contributed by atoms with E-state index in [1.54, 1.807) is 0 Å². The largest absolute Gasteiger partial charge is 0.530 e. The fourth-order valence-corrected chi connectivity index (χ4v) is 6.17. The molecule has 4 rings (SSSR count). The normalized spacial score (nSPS) is 11.6. The van der Waals surface area contributed by atoms with Gasteiger partial charge in [-0.05, 0) is 118 Å². The molecule has 0 aromatic heterocycles. The lowest BCUT2D eigenvalue weighted by molar-refractivity contribution is 0.0205. The summed E-state index contributed by atoms with van der Waals surface area (Å²) in [6.07, 6.45) is -0.752. The van der Waals surface area contributed by atoms with Gasteiger partial charge in [0, 0.05) is 11.1 Å². The van der Waals surface area contributed by atoms with Crippen molar-refractivity contribution < 1.29 is 27.8 Å². The number of para-hydroxylation sites is 2. The van der Waals surface area contributed by atoms with E-state index in [1.165, 1.54) is 0 Å². The minimum Gasteiger partial charge on any atom is -0.428 e. The number of carbonyl (C=O) groups is 1. The second-order valence-electron chi connectivity index (χ2n) is 13.2. The summed E-state index contributed by atoms with van der Waals surface area (Å²) in [7, 11) is -1.97. The van der Waals surface area contributed by atoms with Gasteiger partial charge in [-0.15, -0.1) is 0 Å². The third-order valence-corrected chi connectivity index (χ3v) is 8.79. The molecule has 6 nitrogen and oxygen atoms in total. The molecule has 0 spiro atoms. The number of benzene rings is 4. The van der Waals surface area contributed by atoms with Crippen LogP contribution in [0.3, 0.4) is 0 Å². The summed E-state index contributed by atoms with van der Waals surface area (Å²) in [6.45, 7) is 22.3. The number of hydrogen-bond acceptors (Lipinski definition) is 6. The minimum atomic E-state index is -1.97. The van der Waals surface area contributed by atoms with E-state index in [4.69, 9.17) is 23.0 Å². The van der Waals surface area contributed by atoms with E-state index in [0.717, 1.165) is 44.5 Å². The van der Waals surface area contributed by atoms with Crippen molar-refractivity contribution in [2.45, 2.75) is 93.6 Å². The number of rotatable bonds is 10. The Bertz CT molecular complexity index is 1610. The summed E-state index contributed by atoms with van der Waals surface area (Å²) in [5, 5.41) is 0. The molecule has 4 aromatic rings. The lowest BCUT2D eigenvalue weighted by Gasteiger charge is -2.28. The Labute approximate surface area is 276 Å². The molecule has 0 amide bonds. The predicted octanol–water partition coefficient (Wildman–Crippen LogP) is 11.9. The summed E-state index contributed by atoms with van der Waals surface area (Å²) in [4.78, 5) is 13.3. The molecular weight excluding hydrogens is 595 g/mol. The van der Waals surface area contributed by atoms with E-state index in [1.807, 2.05) is 81.4 Å². The fraction of sp³-hybridized carbons (Fsp3) is 0.359. The quantitative estimate of drug-likeness (QED) is 0.0974. The van der Waals surface area contributed by atoms with Gasteiger partial charge < -0.3 is 23.0 Å². The van der Waals surface area contributed by atoms with E-state index >= 15 is 0 Å². The SMILES string of the molecule is Cc1cc(C(C)C)c(OC(=O)OC(C)(C)C)c(-c2c(C)c(C)cc(C(C)C)c2OP(Oc2ccccc2)Oc2ccccc2)c1C. The summed E-state index contributed by atoms with van der Waals surface area (Å²) >= 11 is 0. The van der Waals surface area contributed by atoms with Gasteiger partial charge in [-0.2, -0.15) is 0 Å². The minimum absolute atomic E-state index is 0.0643. The zero-order valence-corrected chi connectivity index (χ0v) is 29.9. The highest BCUT2D eigenvalue weighted by molar-refractivity contribution is 7.43. The molecule has 7 heteroatoms. The van der Waals surface area contributed by atoms with Gasteiger partial charge in [-0.25, -0.2) is 4.79 Å². The van der Waals surface area contributed by atoms with Gasteiger partial charge in [0.1, 0.15) is 28.6 Å². The molecule has 0 N–H and O–H groups in total. The van der Waals surface area contributed by atoms with Crippen LogP contribution in [0.2, 0.25) is 0 Å². The van der Waals surface area contributed by atoms with Gasteiger partial charge in [0.15, 0.2) is 0 Å². The maximum absolute atomic E-state index is 13.3. The molecule has 4 aromatic carbocycles. The van der Waals surface area contributed by atoms with Crippen LogP contribution in [-0.2, 0) is 4.74 Å². The molecule has 0 radical (unpaired) electrons. The molecule has 0 bridgehead atoms. The zero-order valence-electron chi connectivity index (χ0n) is 29.0. The second kappa shape index (κ2) is 14.6. The van der Waals surface area contributed by atoms with Crippen molar-refractivity contribution in [3.63, 3.8) is 0 Å². The third-order valence-electron chi connectivity index (χ3n) is 7.74. The summed E-state index contributed by atoms with van der Waals surface area (Å²) in [5.41, 5.74) is 6.98. The zero-order chi connectivity index (χ0) is 33.8. The van der Waals surface area contributed by atoms with Gasteiger partial charge in [-0.1, -0.05) is 76.2 Å². The molecule has 0 saturated heterocycles. The van der Waals surface area contributed by atoms with Crippen LogP contribution in [0.1, 0.15) is 93.7 Å². The number of aryl methyl sites for hydroxylation is 2. The van der Waals surface area contributed by atoms with Crippen LogP contribution in [0.15, 0.2) is 72.8 Å². The van der Waals surface area contributed by atoms with E-state index in [2.05, 4.69) is 67.5 Å². The highest BCUT2D eigenvalue weighted by atomic mass is 31.2. The molecular formula is C39H47O6P. The maximum Gasteiger partial charge on any atom is 0.530 e. The Morgan fingerprint density at radius 1 is 0.630 bits per heavy atom. The Balaban J connectivity index is 2.00. The first-order valence-corrected chi connectivity index (χ1v) is 16.9. The van der Waals surface area contributed by atoms with Crippen molar-refractivity contribution in [1.82, 2.24) is 0 Å². The third kappa shape index (κ3) is 8.41. The highest BCUT2D eigenvalue weighted by Crippen LogP contribution is 2.53. The van der Waals surface area contributed by atoms with Crippen LogP contribution < -0.4 is 18.3 Å².